The van der Waals surface area contributed by atoms with Gasteiger partial charge in [0.25, 0.3) is 0 Å². The van der Waals surface area contributed by atoms with Crippen LogP contribution in [0, 0.1) is 17.0 Å². The van der Waals surface area contributed by atoms with E-state index in [1.807, 2.05) is 0 Å². The topological polar surface area (TPSA) is 128 Å². The predicted molar refractivity (Wildman–Crippen MR) is 64.7 cm³/mol. The van der Waals surface area contributed by atoms with Gasteiger partial charge < -0.3 is 9.52 Å². The summed E-state index contributed by atoms with van der Waals surface area (Å²) < 4.78 is 6.05. The average Bonchev–Trinajstić information content (AvgIpc) is 2.73. The summed E-state index contributed by atoms with van der Waals surface area (Å²) in [6, 6.07) is 1.45. The van der Waals surface area contributed by atoms with Crippen LogP contribution < -0.4 is 5.69 Å². The fourth-order valence-corrected chi connectivity index (χ4v) is 1.66. The monoisotopic (exact) mass is 279 g/mol. The van der Waals surface area contributed by atoms with Gasteiger partial charge in [-0.1, -0.05) is 0 Å². The van der Waals surface area contributed by atoms with Crippen molar-refractivity contribution in [1.29, 1.82) is 0 Å². The highest BCUT2D eigenvalue weighted by atomic mass is 16.6. The number of furan rings is 1. The molecule has 1 N–H and O–H groups in total. The molecule has 0 radical (unpaired) electrons. The first-order chi connectivity index (χ1) is 9.38. The summed E-state index contributed by atoms with van der Waals surface area (Å²) in [5.41, 5.74) is -0.633. The number of rotatable bonds is 4. The molecule has 0 saturated heterocycles. The highest BCUT2D eigenvalue weighted by molar-refractivity contribution is 5.86. The molecule has 0 atom stereocenters. The second-order valence-corrected chi connectivity index (χ2v) is 4.01. The van der Waals surface area contributed by atoms with Gasteiger partial charge in [-0.3, -0.25) is 14.7 Å². The number of aromatic carboxylic acids is 1. The third-order valence-corrected chi connectivity index (χ3v) is 2.54. The molecule has 9 nitrogen and oxygen atoms in total. The minimum Gasteiger partial charge on any atom is -0.475 e. The molecule has 2 rings (SSSR count). The summed E-state index contributed by atoms with van der Waals surface area (Å²) in [7, 11) is 0. The van der Waals surface area contributed by atoms with Crippen LogP contribution in [0.4, 0.5) is 5.69 Å². The molecule has 9 heteroatoms. The summed E-state index contributed by atoms with van der Waals surface area (Å²) in [4.78, 5) is 35.6. The average molecular weight is 279 g/mol. The molecule has 0 unspecified atom stereocenters. The van der Waals surface area contributed by atoms with Gasteiger partial charge >= 0.3 is 17.3 Å². The molecule has 2 aromatic rings. The zero-order chi connectivity index (χ0) is 14.9. The Morgan fingerprint density at radius 1 is 1.60 bits per heavy atom. The molecule has 20 heavy (non-hydrogen) atoms. The van der Waals surface area contributed by atoms with Crippen LogP contribution in [0.3, 0.4) is 0 Å². The maximum absolute atomic E-state index is 11.5. The van der Waals surface area contributed by atoms with E-state index in [2.05, 4.69) is 4.98 Å². The number of aryl methyl sites for hydroxylation is 1. The van der Waals surface area contributed by atoms with Gasteiger partial charge in [-0.05, 0) is 13.0 Å². The van der Waals surface area contributed by atoms with E-state index in [9.17, 15) is 19.7 Å². The van der Waals surface area contributed by atoms with Crippen LogP contribution in [0.1, 0.15) is 21.9 Å². The smallest absolute Gasteiger partial charge is 0.372 e. The molecule has 0 amide bonds. The molecule has 0 fully saturated rings. The zero-order valence-electron chi connectivity index (χ0n) is 10.3. The van der Waals surface area contributed by atoms with Crippen LogP contribution in [-0.2, 0) is 6.54 Å². The molecule has 2 heterocycles. The van der Waals surface area contributed by atoms with Crippen molar-refractivity contribution in [2.45, 2.75) is 13.5 Å². The zero-order valence-corrected chi connectivity index (χ0v) is 10.3. The highest BCUT2D eigenvalue weighted by Gasteiger charge is 2.16. The van der Waals surface area contributed by atoms with E-state index in [1.54, 1.807) is 6.92 Å². The van der Waals surface area contributed by atoms with E-state index in [0.717, 1.165) is 17.0 Å². The van der Waals surface area contributed by atoms with Gasteiger partial charge in [0, 0.05) is 5.56 Å². The Labute approximate surface area is 111 Å². The van der Waals surface area contributed by atoms with Crippen molar-refractivity contribution in [3.05, 3.63) is 56.1 Å². The standard InChI is InChI=1S/C11H9N3O6/c1-6-2-8(20-9(6)10(15)16)5-13-4-7(14(18)19)3-12-11(13)17/h2-4H,5H2,1H3,(H,15,16). The Morgan fingerprint density at radius 3 is 2.85 bits per heavy atom. The van der Waals surface area contributed by atoms with E-state index in [-0.39, 0.29) is 23.8 Å². The third-order valence-electron chi connectivity index (χ3n) is 2.54. The van der Waals surface area contributed by atoms with Crippen molar-refractivity contribution in [2.24, 2.45) is 0 Å². The Bertz CT molecular complexity index is 745. The van der Waals surface area contributed by atoms with Crippen molar-refractivity contribution in [1.82, 2.24) is 9.55 Å². The lowest BCUT2D eigenvalue weighted by Crippen LogP contribution is -2.22. The minimum atomic E-state index is -1.22. The van der Waals surface area contributed by atoms with Gasteiger partial charge in [-0.2, -0.15) is 4.98 Å². The lowest BCUT2D eigenvalue weighted by atomic mass is 10.2. The molecule has 0 aliphatic heterocycles. The lowest BCUT2D eigenvalue weighted by molar-refractivity contribution is -0.385. The van der Waals surface area contributed by atoms with Gasteiger partial charge in [0.1, 0.15) is 12.0 Å². The first-order valence-corrected chi connectivity index (χ1v) is 5.42. The molecule has 0 aliphatic rings. The van der Waals surface area contributed by atoms with Gasteiger partial charge in [-0.15, -0.1) is 0 Å². The third kappa shape index (κ3) is 2.55. The second kappa shape index (κ2) is 4.96. The highest BCUT2D eigenvalue weighted by Crippen LogP contribution is 2.15. The minimum absolute atomic E-state index is 0.137. The van der Waals surface area contributed by atoms with E-state index in [1.165, 1.54) is 6.07 Å². The fourth-order valence-electron chi connectivity index (χ4n) is 1.66. The first-order valence-electron chi connectivity index (χ1n) is 5.42. The van der Waals surface area contributed by atoms with Crippen molar-refractivity contribution < 1.29 is 19.2 Å². The van der Waals surface area contributed by atoms with Gasteiger partial charge in [0.15, 0.2) is 0 Å². The maximum Gasteiger partial charge on any atom is 0.372 e. The molecule has 0 aliphatic carbocycles. The SMILES string of the molecule is Cc1cc(Cn2cc([N+](=O)[O-])cnc2=O)oc1C(=O)O. The first kappa shape index (κ1) is 13.5. The van der Waals surface area contributed by atoms with E-state index in [0.29, 0.717) is 5.56 Å². The number of nitrogens with zero attached hydrogens (tertiary/aromatic N) is 3. The second-order valence-electron chi connectivity index (χ2n) is 4.01. The summed E-state index contributed by atoms with van der Waals surface area (Å²) in [5.74, 6) is -1.26. The molecule has 0 aromatic carbocycles. The molecular formula is C11H9N3O6. The predicted octanol–water partition coefficient (Wildman–Crippen LogP) is 0.799. The summed E-state index contributed by atoms with van der Waals surface area (Å²) >= 11 is 0. The number of hydrogen-bond donors (Lipinski definition) is 1. The molecular weight excluding hydrogens is 270 g/mol. The van der Waals surface area contributed by atoms with Crippen molar-refractivity contribution in [2.75, 3.05) is 0 Å². The number of carbonyl (C=O) groups is 1. The number of hydrogen-bond acceptors (Lipinski definition) is 6. The number of carboxylic acids is 1. The van der Waals surface area contributed by atoms with Gasteiger partial charge in [-0.25, -0.2) is 9.59 Å². The van der Waals surface area contributed by atoms with Crippen molar-refractivity contribution in [3.8, 4) is 0 Å². The molecule has 0 bridgehead atoms. The maximum atomic E-state index is 11.5. The van der Waals surface area contributed by atoms with Crippen LogP contribution in [0.2, 0.25) is 0 Å². The van der Waals surface area contributed by atoms with Crippen LogP contribution in [-0.4, -0.2) is 25.6 Å². The molecule has 2 aromatic heterocycles. The lowest BCUT2D eigenvalue weighted by Gasteiger charge is -2.01. The molecule has 104 valence electrons. The van der Waals surface area contributed by atoms with Crippen LogP contribution in [0.15, 0.2) is 27.7 Å². The summed E-state index contributed by atoms with van der Waals surface area (Å²) in [5, 5.41) is 19.5. The van der Waals surface area contributed by atoms with Crippen molar-refractivity contribution in [3.63, 3.8) is 0 Å². The normalized spacial score (nSPS) is 10.4. The van der Waals surface area contributed by atoms with Gasteiger partial charge in [0.05, 0.1) is 17.7 Å². The summed E-state index contributed by atoms with van der Waals surface area (Å²) in [6.07, 6.45) is 1.88. The molecule has 0 spiro atoms. The van der Waals surface area contributed by atoms with E-state index in [4.69, 9.17) is 9.52 Å². The summed E-state index contributed by atoms with van der Waals surface area (Å²) in [6.45, 7) is 1.41. The van der Waals surface area contributed by atoms with Crippen LogP contribution in [0.5, 0.6) is 0 Å². The number of nitro groups is 1. The van der Waals surface area contributed by atoms with E-state index >= 15 is 0 Å². The Morgan fingerprint density at radius 2 is 2.30 bits per heavy atom. The van der Waals surface area contributed by atoms with Crippen LogP contribution in [0.25, 0.3) is 0 Å². The Hall–Kier alpha value is -2.97. The fraction of sp³-hybridized carbons (Fsp3) is 0.182. The number of carboxylic acid groups (broad SMARTS) is 1. The quantitative estimate of drug-likeness (QED) is 0.647. The van der Waals surface area contributed by atoms with E-state index < -0.39 is 16.6 Å². The van der Waals surface area contributed by atoms with Gasteiger partial charge in [0.2, 0.25) is 5.76 Å². The molecule has 0 saturated carbocycles. The number of aromatic nitrogens is 2. The Kier molecular flexibility index (Phi) is 3.34. The Balaban J connectivity index is 2.37. The van der Waals surface area contributed by atoms with Crippen LogP contribution >= 0.6 is 0 Å². The largest absolute Gasteiger partial charge is 0.475 e. The van der Waals surface area contributed by atoms with Crippen molar-refractivity contribution >= 4 is 11.7 Å².